The molecule has 2 amide bonds. The number of amides is 2. The molecule has 8 heteroatoms. The first-order chi connectivity index (χ1) is 11.9. The number of nitrogens with zero attached hydrogens (tertiary/aromatic N) is 1. The summed E-state index contributed by atoms with van der Waals surface area (Å²) in [6, 6.07) is 8.45. The summed E-state index contributed by atoms with van der Waals surface area (Å²) in [4.78, 5) is 16.1. The van der Waals surface area contributed by atoms with Gasteiger partial charge in [0.2, 0.25) is 0 Å². The fourth-order valence-electron chi connectivity index (χ4n) is 2.30. The molecule has 2 aromatic rings. The molecule has 0 atom stereocenters. The summed E-state index contributed by atoms with van der Waals surface area (Å²) in [6.45, 7) is 0. The van der Waals surface area contributed by atoms with Crippen LogP contribution in [0.1, 0.15) is 12.0 Å². The van der Waals surface area contributed by atoms with Crippen LogP contribution in [0.15, 0.2) is 47.6 Å². The summed E-state index contributed by atoms with van der Waals surface area (Å²) in [5.74, 6) is -0.0632. The third-order valence-corrected chi connectivity index (χ3v) is 4.26. The van der Waals surface area contributed by atoms with Gasteiger partial charge in [-0.1, -0.05) is 29.3 Å². The van der Waals surface area contributed by atoms with E-state index in [2.05, 4.69) is 15.6 Å². The van der Waals surface area contributed by atoms with E-state index in [1.54, 1.807) is 24.4 Å². The third kappa shape index (κ3) is 4.10. The largest absolute Gasteiger partial charge is 0.387 e. The van der Waals surface area contributed by atoms with Gasteiger partial charge < -0.3 is 16.4 Å². The molecule has 0 spiro atoms. The van der Waals surface area contributed by atoms with E-state index < -0.39 is 11.8 Å². The van der Waals surface area contributed by atoms with Crippen molar-refractivity contribution in [1.29, 1.82) is 0 Å². The van der Waals surface area contributed by atoms with Crippen LogP contribution in [-0.2, 0) is 0 Å². The van der Waals surface area contributed by atoms with Gasteiger partial charge in [0.15, 0.2) is 0 Å². The van der Waals surface area contributed by atoms with Gasteiger partial charge in [0, 0.05) is 18.3 Å². The van der Waals surface area contributed by atoms with Crippen molar-refractivity contribution in [3.8, 4) is 0 Å². The number of nitrogens with two attached hydrogens (primary N) is 1. The summed E-state index contributed by atoms with van der Waals surface area (Å²) in [5, 5.41) is 5.71. The number of hydrogen-bond donors (Lipinski definition) is 3. The van der Waals surface area contributed by atoms with E-state index in [-0.39, 0.29) is 5.69 Å². The Bertz CT molecular complexity index is 912. The molecule has 0 aromatic heterocycles. The summed E-state index contributed by atoms with van der Waals surface area (Å²) >= 11 is 11.7. The summed E-state index contributed by atoms with van der Waals surface area (Å²) < 4.78 is 14.0. The maximum atomic E-state index is 14.0. The summed E-state index contributed by atoms with van der Waals surface area (Å²) in [5.41, 5.74) is 7.70. The van der Waals surface area contributed by atoms with Crippen LogP contribution in [-0.4, -0.2) is 11.9 Å². The topological polar surface area (TPSA) is 79.5 Å². The van der Waals surface area contributed by atoms with Crippen molar-refractivity contribution in [3.63, 3.8) is 0 Å². The van der Waals surface area contributed by atoms with Crippen molar-refractivity contribution >= 4 is 52.0 Å². The molecular formula is C17H13Cl2FN4O. The third-order valence-electron chi connectivity index (χ3n) is 3.52. The van der Waals surface area contributed by atoms with Gasteiger partial charge in [-0.15, -0.1) is 0 Å². The minimum Gasteiger partial charge on any atom is -0.387 e. The van der Waals surface area contributed by atoms with Crippen LogP contribution >= 0.6 is 23.2 Å². The van der Waals surface area contributed by atoms with E-state index >= 15 is 0 Å². The predicted molar refractivity (Wildman–Crippen MR) is 99.7 cm³/mol. The Morgan fingerprint density at radius 2 is 1.92 bits per heavy atom. The van der Waals surface area contributed by atoms with Gasteiger partial charge in [0.05, 0.1) is 15.7 Å². The van der Waals surface area contributed by atoms with Gasteiger partial charge in [-0.05, 0) is 41.5 Å². The maximum absolute atomic E-state index is 14.0. The number of rotatable bonds is 3. The summed E-state index contributed by atoms with van der Waals surface area (Å²) in [7, 11) is 0. The first-order valence-electron chi connectivity index (χ1n) is 7.26. The normalized spacial score (nSPS) is 13.2. The molecule has 1 aliphatic rings. The molecule has 0 radical (unpaired) electrons. The zero-order chi connectivity index (χ0) is 18.0. The average molecular weight is 379 g/mol. The molecule has 0 aliphatic carbocycles. The van der Waals surface area contributed by atoms with E-state index in [0.717, 1.165) is 11.1 Å². The Balaban J connectivity index is 1.73. The predicted octanol–water partition coefficient (Wildman–Crippen LogP) is 4.88. The molecule has 0 unspecified atom stereocenters. The highest BCUT2D eigenvalue weighted by molar-refractivity contribution is 6.42. The van der Waals surface area contributed by atoms with E-state index in [0.29, 0.717) is 28.0 Å². The second-order valence-electron chi connectivity index (χ2n) is 5.35. The number of carbonyl (C=O) groups is 1. The number of aliphatic imine (C=N–C) groups is 1. The Hall–Kier alpha value is -2.57. The molecule has 1 aliphatic heterocycles. The van der Waals surface area contributed by atoms with Crippen LogP contribution in [0.2, 0.25) is 10.0 Å². The standard InChI is InChI=1S/C17H13Cl2FN4O/c18-12-3-2-11(7-13(12)19)23-17(25)24-15-5-9(1-4-14(15)20)10-6-16(21)22-8-10/h1-5,7-8H,6H2,(H2,21,22)(H2,23,24,25). The van der Waals surface area contributed by atoms with Gasteiger partial charge in [-0.3, -0.25) is 0 Å². The number of anilines is 2. The van der Waals surface area contributed by atoms with E-state index in [1.807, 2.05) is 0 Å². The number of halogens is 3. The quantitative estimate of drug-likeness (QED) is 0.711. The first-order valence-corrected chi connectivity index (χ1v) is 8.02. The monoisotopic (exact) mass is 378 g/mol. The van der Waals surface area contributed by atoms with E-state index in [1.165, 1.54) is 18.2 Å². The molecule has 2 aromatic carbocycles. The maximum Gasteiger partial charge on any atom is 0.323 e. The molecule has 5 nitrogen and oxygen atoms in total. The van der Waals surface area contributed by atoms with Crippen LogP contribution in [0.3, 0.4) is 0 Å². The molecule has 1 heterocycles. The van der Waals surface area contributed by atoms with Crippen LogP contribution in [0.5, 0.6) is 0 Å². The van der Waals surface area contributed by atoms with Crippen LogP contribution in [0.4, 0.5) is 20.6 Å². The minimum absolute atomic E-state index is 0.0430. The number of hydrogen-bond acceptors (Lipinski definition) is 3. The molecule has 0 saturated carbocycles. The van der Waals surface area contributed by atoms with Crippen LogP contribution in [0, 0.1) is 5.82 Å². The summed E-state index contributed by atoms with van der Waals surface area (Å²) in [6.07, 6.45) is 2.11. The second kappa shape index (κ2) is 7.13. The molecule has 4 N–H and O–H groups in total. The van der Waals surface area contributed by atoms with Crippen molar-refractivity contribution in [2.75, 3.05) is 10.6 Å². The smallest absolute Gasteiger partial charge is 0.323 e. The lowest BCUT2D eigenvalue weighted by atomic mass is 10.0. The fraction of sp³-hybridized carbons (Fsp3) is 0.0588. The Morgan fingerprint density at radius 1 is 1.12 bits per heavy atom. The lowest BCUT2D eigenvalue weighted by Crippen LogP contribution is -2.20. The Labute approximate surface area is 153 Å². The molecule has 0 bridgehead atoms. The highest BCUT2D eigenvalue weighted by atomic mass is 35.5. The zero-order valence-electron chi connectivity index (χ0n) is 12.8. The van der Waals surface area contributed by atoms with Gasteiger partial charge in [0.1, 0.15) is 11.7 Å². The van der Waals surface area contributed by atoms with Crippen LogP contribution < -0.4 is 16.4 Å². The van der Waals surface area contributed by atoms with E-state index in [9.17, 15) is 9.18 Å². The Morgan fingerprint density at radius 3 is 2.60 bits per heavy atom. The second-order valence-corrected chi connectivity index (χ2v) is 6.17. The van der Waals surface area contributed by atoms with Gasteiger partial charge in [-0.25, -0.2) is 14.2 Å². The number of benzene rings is 2. The SMILES string of the molecule is NC1=NC=C(c2ccc(F)c(NC(=O)Nc3ccc(Cl)c(Cl)c3)c2)C1. The fourth-order valence-corrected chi connectivity index (χ4v) is 2.60. The lowest BCUT2D eigenvalue weighted by Gasteiger charge is -2.11. The van der Waals surface area contributed by atoms with Crippen molar-refractivity contribution in [2.45, 2.75) is 6.42 Å². The molecule has 128 valence electrons. The minimum atomic E-state index is -0.606. The van der Waals surface area contributed by atoms with Crippen molar-refractivity contribution < 1.29 is 9.18 Å². The zero-order valence-corrected chi connectivity index (χ0v) is 14.3. The van der Waals surface area contributed by atoms with Crippen molar-refractivity contribution in [1.82, 2.24) is 0 Å². The first kappa shape index (κ1) is 17.3. The number of nitrogens with one attached hydrogen (secondary N) is 2. The Kier molecular flexibility index (Phi) is 4.92. The van der Waals surface area contributed by atoms with Crippen LogP contribution in [0.25, 0.3) is 5.57 Å². The molecule has 25 heavy (non-hydrogen) atoms. The molecule has 0 saturated heterocycles. The highest BCUT2D eigenvalue weighted by Gasteiger charge is 2.13. The number of urea groups is 1. The van der Waals surface area contributed by atoms with Gasteiger partial charge in [-0.2, -0.15) is 0 Å². The average Bonchev–Trinajstić information content (AvgIpc) is 2.99. The van der Waals surface area contributed by atoms with Gasteiger partial charge in [0.25, 0.3) is 0 Å². The van der Waals surface area contributed by atoms with Crippen molar-refractivity contribution in [3.05, 3.63) is 64.0 Å². The molecular weight excluding hydrogens is 366 g/mol. The van der Waals surface area contributed by atoms with E-state index in [4.69, 9.17) is 28.9 Å². The molecule has 0 fully saturated rings. The number of amidine groups is 1. The highest BCUT2D eigenvalue weighted by Crippen LogP contribution is 2.27. The lowest BCUT2D eigenvalue weighted by molar-refractivity contribution is 0.262. The number of carbonyl (C=O) groups excluding carboxylic acids is 1. The van der Waals surface area contributed by atoms with Gasteiger partial charge >= 0.3 is 6.03 Å². The molecule has 3 rings (SSSR count). The van der Waals surface area contributed by atoms with Crippen molar-refractivity contribution in [2.24, 2.45) is 10.7 Å².